The number of fused-ring (bicyclic) bond motifs is 1. The van der Waals surface area contributed by atoms with Crippen LogP contribution >= 0.6 is 0 Å². The predicted molar refractivity (Wildman–Crippen MR) is 85.2 cm³/mol. The van der Waals surface area contributed by atoms with Gasteiger partial charge in [0.2, 0.25) is 5.91 Å². The lowest BCUT2D eigenvalue weighted by Crippen LogP contribution is -2.26. The molecule has 1 aliphatic heterocycles. The van der Waals surface area contributed by atoms with Crippen LogP contribution in [0.2, 0.25) is 0 Å². The molecule has 1 amide bonds. The summed E-state index contributed by atoms with van der Waals surface area (Å²) in [5.41, 5.74) is 1.22. The maximum absolute atomic E-state index is 12.0. The third kappa shape index (κ3) is 3.37. The molecule has 118 valence electrons. The number of pyridine rings is 1. The molecule has 0 bridgehead atoms. The summed E-state index contributed by atoms with van der Waals surface area (Å²) in [6, 6.07) is 3.75. The van der Waals surface area contributed by atoms with E-state index in [2.05, 4.69) is 31.4 Å². The molecule has 3 rings (SSSR count). The molecule has 0 aromatic carbocycles. The van der Waals surface area contributed by atoms with Crippen molar-refractivity contribution < 1.29 is 4.79 Å². The molecule has 0 unspecified atom stereocenters. The van der Waals surface area contributed by atoms with Gasteiger partial charge in [0.05, 0.1) is 6.54 Å². The van der Waals surface area contributed by atoms with Crippen molar-refractivity contribution >= 4 is 17.1 Å². The Kier molecular flexibility index (Phi) is 4.06. The SMILES string of the molecule is C#CCCC1(CCC(=O)NCc2nc3cccnc3n2C)N=N1. The summed E-state index contributed by atoms with van der Waals surface area (Å²) in [6.45, 7) is 0.372. The van der Waals surface area contributed by atoms with Gasteiger partial charge in [-0.2, -0.15) is 10.2 Å². The first-order valence-corrected chi connectivity index (χ1v) is 7.54. The number of imidazole rings is 1. The topological polar surface area (TPSA) is 84.5 Å². The second-order valence-electron chi connectivity index (χ2n) is 5.60. The number of nitrogens with one attached hydrogen (secondary N) is 1. The summed E-state index contributed by atoms with van der Waals surface area (Å²) >= 11 is 0. The molecule has 1 N–H and O–H groups in total. The minimum atomic E-state index is -0.411. The molecule has 1 aliphatic rings. The first-order chi connectivity index (χ1) is 11.1. The summed E-state index contributed by atoms with van der Waals surface area (Å²) in [7, 11) is 1.89. The van der Waals surface area contributed by atoms with Crippen LogP contribution in [0.15, 0.2) is 28.6 Å². The molecule has 0 spiro atoms. The fourth-order valence-corrected chi connectivity index (χ4v) is 2.48. The number of hydrogen-bond acceptors (Lipinski definition) is 5. The van der Waals surface area contributed by atoms with E-state index >= 15 is 0 Å². The molecular formula is C16H18N6O. The van der Waals surface area contributed by atoms with Crippen molar-refractivity contribution in [1.82, 2.24) is 19.9 Å². The van der Waals surface area contributed by atoms with Crippen LogP contribution < -0.4 is 5.32 Å². The Morgan fingerprint density at radius 1 is 1.43 bits per heavy atom. The van der Waals surface area contributed by atoms with Gasteiger partial charge in [-0.05, 0) is 12.1 Å². The third-order valence-corrected chi connectivity index (χ3v) is 3.97. The van der Waals surface area contributed by atoms with E-state index in [1.165, 1.54) is 0 Å². The van der Waals surface area contributed by atoms with E-state index in [-0.39, 0.29) is 5.91 Å². The molecular weight excluding hydrogens is 292 g/mol. The summed E-state index contributed by atoms with van der Waals surface area (Å²) < 4.78 is 1.88. The van der Waals surface area contributed by atoms with E-state index in [0.29, 0.717) is 32.2 Å². The van der Waals surface area contributed by atoms with E-state index in [9.17, 15) is 4.79 Å². The molecule has 23 heavy (non-hydrogen) atoms. The van der Waals surface area contributed by atoms with Gasteiger partial charge in [-0.1, -0.05) is 0 Å². The first-order valence-electron chi connectivity index (χ1n) is 7.54. The number of hydrogen-bond donors (Lipinski definition) is 1. The van der Waals surface area contributed by atoms with E-state index in [1.807, 2.05) is 23.7 Å². The van der Waals surface area contributed by atoms with E-state index < -0.39 is 5.66 Å². The van der Waals surface area contributed by atoms with Gasteiger partial charge >= 0.3 is 0 Å². The molecule has 7 heteroatoms. The Hall–Kier alpha value is -2.75. The van der Waals surface area contributed by atoms with Crippen molar-refractivity contribution in [3.8, 4) is 12.3 Å². The Morgan fingerprint density at radius 2 is 2.26 bits per heavy atom. The molecule has 3 heterocycles. The summed E-state index contributed by atoms with van der Waals surface area (Å²) in [5, 5.41) is 10.9. The highest BCUT2D eigenvalue weighted by Crippen LogP contribution is 2.37. The van der Waals surface area contributed by atoms with Crippen molar-refractivity contribution in [2.75, 3.05) is 0 Å². The minimum Gasteiger partial charge on any atom is -0.349 e. The lowest BCUT2D eigenvalue weighted by Gasteiger charge is -2.09. The van der Waals surface area contributed by atoms with Crippen LogP contribution in [0.4, 0.5) is 0 Å². The van der Waals surface area contributed by atoms with Gasteiger partial charge in [0.1, 0.15) is 11.3 Å². The largest absolute Gasteiger partial charge is 0.349 e. The zero-order valence-electron chi connectivity index (χ0n) is 13.0. The molecule has 0 fully saturated rings. The number of amides is 1. The second-order valence-corrected chi connectivity index (χ2v) is 5.60. The number of nitrogens with zero attached hydrogens (tertiary/aromatic N) is 5. The number of terminal acetylenes is 1. The van der Waals surface area contributed by atoms with Crippen molar-refractivity contribution in [3.05, 3.63) is 24.2 Å². The molecule has 0 atom stereocenters. The normalized spacial score (nSPS) is 14.6. The Labute approximate surface area is 134 Å². The molecule has 0 aliphatic carbocycles. The third-order valence-electron chi connectivity index (χ3n) is 3.97. The molecule has 0 saturated carbocycles. The maximum Gasteiger partial charge on any atom is 0.220 e. The fraction of sp³-hybridized carbons (Fsp3) is 0.438. The number of carbonyl (C=O) groups is 1. The van der Waals surface area contributed by atoms with Gasteiger partial charge in [-0.15, -0.1) is 12.3 Å². The smallest absolute Gasteiger partial charge is 0.220 e. The average molecular weight is 310 g/mol. The number of carbonyl (C=O) groups excluding carboxylic acids is 1. The van der Waals surface area contributed by atoms with Crippen molar-refractivity contribution in [3.63, 3.8) is 0 Å². The quantitative estimate of drug-likeness (QED) is 0.793. The van der Waals surface area contributed by atoms with Gasteiger partial charge in [-0.3, -0.25) is 4.79 Å². The van der Waals surface area contributed by atoms with Gasteiger partial charge in [0.15, 0.2) is 11.3 Å². The minimum absolute atomic E-state index is 0.0394. The highest BCUT2D eigenvalue weighted by molar-refractivity contribution is 5.76. The lowest BCUT2D eigenvalue weighted by atomic mass is 10.0. The monoisotopic (exact) mass is 310 g/mol. The Morgan fingerprint density at radius 3 is 2.96 bits per heavy atom. The van der Waals surface area contributed by atoms with Crippen LogP contribution in [0.5, 0.6) is 0 Å². The molecule has 7 nitrogen and oxygen atoms in total. The first kappa shape index (κ1) is 15.2. The van der Waals surface area contributed by atoms with Crippen LogP contribution in [0, 0.1) is 12.3 Å². The zero-order chi connectivity index (χ0) is 16.3. The maximum atomic E-state index is 12.0. The molecule has 0 saturated heterocycles. The lowest BCUT2D eigenvalue weighted by molar-refractivity contribution is -0.121. The number of aryl methyl sites for hydroxylation is 1. The average Bonchev–Trinajstić information content (AvgIpc) is 3.28. The van der Waals surface area contributed by atoms with E-state index in [0.717, 1.165) is 17.0 Å². The zero-order valence-corrected chi connectivity index (χ0v) is 13.0. The van der Waals surface area contributed by atoms with Crippen LogP contribution in [0.25, 0.3) is 11.2 Å². The standard InChI is InChI=1S/C16H18N6O/c1-3-4-8-16(20-21-16)9-7-14(23)18-11-13-19-12-6-5-10-17-15(12)22(13)2/h1,5-6,10H,4,7-9,11H2,2H3,(H,18,23). The van der Waals surface area contributed by atoms with Crippen molar-refractivity contribution in [2.24, 2.45) is 17.3 Å². The molecule has 2 aromatic heterocycles. The van der Waals surface area contributed by atoms with Crippen LogP contribution in [-0.4, -0.2) is 26.1 Å². The van der Waals surface area contributed by atoms with Crippen LogP contribution in [0.1, 0.15) is 31.5 Å². The summed E-state index contributed by atoms with van der Waals surface area (Å²) in [4.78, 5) is 20.8. The molecule has 0 radical (unpaired) electrons. The summed E-state index contributed by atoms with van der Waals surface area (Å²) in [5.74, 6) is 3.31. The fourth-order valence-electron chi connectivity index (χ4n) is 2.48. The second kappa shape index (κ2) is 6.16. The Balaban J connectivity index is 1.51. The van der Waals surface area contributed by atoms with Gasteiger partial charge < -0.3 is 9.88 Å². The predicted octanol–water partition coefficient (Wildman–Crippen LogP) is 1.94. The van der Waals surface area contributed by atoms with Gasteiger partial charge in [0, 0.05) is 38.9 Å². The van der Waals surface area contributed by atoms with Crippen molar-refractivity contribution in [1.29, 1.82) is 0 Å². The van der Waals surface area contributed by atoms with Crippen molar-refractivity contribution in [2.45, 2.75) is 37.9 Å². The van der Waals surface area contributed by atoms with Gasteiger partial charge in [-0.25, -0.2) is 9.97 Å². The van der Waals surface area contributed by atoms with Gasteiger partial charge in [0.25, 0.3) is 0 Å². The summed E-state index contributed by atoms with van der Waals surface area (Å²) in [6.07, 6.45) is 9.30. The highest BCUT2D eigenvalue weighted by Gasteiger charge is 2.39. The van der Waals surface area contributed by atoms with E-state index in [4.69, 9.17) is 6.42 Å². The number of rotatable bonds is 7. The molecule has 2 aromatic rings. The van der Waals surface area contributed by atoms with E-state index in [1.54, 1.807) is 6.20 Å². The highest BCUT2D eigenvalue weighted by atomic mass is 16.1. The Bertz CT molecular complexity index is 794. The number of aromatic nitrogens is 3. The van der Waals surface area contributed by atoms with Crippen LogP contribution in [0.3, 0.4) is 0 Å². The van der Waals surface area contributed by atoms with Crippen LogP contribution in [-0.2, 0) is 18.4 Å².